The number of rotatable bonds is 5. The van der Waals surface area contributed by atoms with Crippen LogP contribution >= 0.6 is 0 Å². The number of piperidine rings is 1. The van der Waals surface area contributed by atoms with E-state index >= 15 is 0 Å². The summed E-state index contributed by atoms with van der Waals surface area (Å²) in [6, 6.07) is 0.586. The predicted molar refractivity (Wildman–Crippen MR) is 94.5 cm³/mol. The van der Waals surface area contributed by atoms with Crippen molar-refractivity contribution in [1.29, 1.82) is 0 Å². The van der Waals surface area contributed by atoms with E-state index < -0.39 is 0 Å². The van der Waals surface area contributed by atoms with Gasteiger partial charge in [-0.25, -0.2) is 0 Å². The average molecular weight is 335 g/mol. The lowest BCUT2D eigenvalue weighted by Crippen LogP contribution is -2.49. The van der Waals surface area contributed by atoms with Gasteiger partial charge in [0.1, 0.15) is 0 Å². The number of fused-ring (bicyclic) bond motifs is 1. The number of nitrogens with zero attached hydrogens (tertiary/aromatic N) is 1. The first-order valence-electron chi connectivity index (χ1n) is 10.0. The first kappa shape index (κ1) is 17.7. The Bertz CT molecular complexity index is 432. The Morgan fingerprint density at radius 2 is 1.88 bits per heavy atom. The van der Waals surface area contributed by atoms with Crippen molar-refractivity contribution in [2.75, 3.05) is 19.6 Å². The molecule has 2 N–H and O–H groups in total. The fourth-order valence-corrected chi connectivity index (χ4v) is 4.63. The van der Waals surface area contributed by atoms with Crippen LogP contribution in [0.2, 0.25) is 0 Å². The van der Waals surface area contributed by atoms with Crippen molar-refractivity contribution in [3.05, 3.63) is 0 Å². The quantitative estimate of drug-likeness (QED) is 0.756. The van der Waals surface area contributed by atoms with Crippen LogP contribution in [0.3, 0.4) is 0 Å². The van der Waals surface area contributed by atoms with Crippen LogP contribution in [0.5, 0.6) is 0 Å². The van der Waals surface area contributed by atoms with Crippen LogP contribution in [0.15, 0.2) is 0 Å². The van der Waals surface area contributed by atoms with E-state index in [0.717, 1.165) is 51.7 Å². The summed E-state index contributed by atoms with van der Waals surface area (Å²) in [5, 5.41) is 6.62. The third-order valence-corrected chi connectivity index (χ3v) is 6.17. The van der Waals surface area contributed by atoms with Gasteiger partial charge in [-0.05, 0) is 44.4 Å². The van der Waals surface area contributed by atoms with Crippen molar-refractivity contribution < 1.29 is 9.59 Å². The van der Waals surface area contributed by atoms with Crippen LogP contribution in [0.4, 0.5) is 0 Å². The highest BCUT2D eigenvalue weighted by molar-refractivity contribution is 5.83. The second-order valence-corrected chi connectivity index (χ2v) is 7.85. The Morgan fingerprint density at radius 1 is 1.12 bits per heavy atom. The van der Waals surface area contributed by atoms with E-state index in [2.05, 4.69) is 17.6 Å². The Kier molecular flexibility index (Phi) is 6.14. The van der Waals surface area contributed by atoms with Crippen LogP contribution in [-0.4, -0.2) is 48.4 Å². The second-order valence-electron chi connectivity index (χ2n) is 7.85. The molecule has 2 amide bonds. The first-order valence-corrected chi connectivity index (χ1v) is 10.0. The van der Waals surface area contributed by atoms with Crippen molar-refractivity contribution >= 4 is 11.8 Å². The molecule has 2 aliphatic heterocycles. The lowest BCUT2D eigenvalue weighted by molar-refractivity contribution is -0.137. The van der Waals surface area contributed by atoms with Gasteiger partial charge < -0.3 is 15.5 Å². The van der Waals surface area contributed by atoms with Crippen molar-refractivity contribution in [2.45, 2.75) is 76.8 Å². The molecule has 2 heterocycles. The number of hydrogen-bond donors (Lipinski definition) is 2. The molecule has 24 heavy (non-hydrogen) atoms. The van der Waals surface area contributed by atoms with Crippen molar-refractivity contribution in [3.63, 3.8) is 0 Å². The Morgan fingerprint density at radius 3 is 2.58 bits per heavy atom. The summed E-state index contributed by atoms with van der Waals surface area (Å²) in [6.07, 6.45) is 9.90. The Labute approximate surface area is 145 Å². The summed E-state index contributed by atoms with van der Waals surface area (Å²) in [5.41, 5.74) is 0. The molecule has 136 valence electrons. The number of unbranched alkanes of at least 4 members (excludes halogenated alkanes) is 1. The van der Waals surface area contributed by atoms with E-state index in [9.17, 15) is 9.59 Å². The highest BCUT2D eigenvalue weighted by Gasteiger charge is 2.40. The standard InChI is InChI=1S/C19H33N3O2/c1-2-3-10-20-18(23)14-8-11-22(12-9-14)19(24)17-13-15-6-4-5-7-16(15)21-17/h14-17,21H,2-13H2,1H3,(H,20,23). The van der Waals surface area contributed by atoms with Gasteiger partial charge in [0.25, 0.3) is 0 Å². The molecular formula is C19H33N3O2. The lowest BCUT2D eigenvalue weighted by atomic mass is 9.85. The molecule has 3 rings (SSSR count). The summed E-state index contributed by atoms with van der Waals surface area (Å²) in [6.45, 7) is 4.38. The summed E-state index contributed by atoms with van der Waals surface area (Å²) in [4.78, 5) is 26.9. The summed E-state index contributed by atoms with van der Waals surface area (Å²) < 4.78 is 0. The monoisotopic (exact) mass is 335 g/mol. The highest BCUT2D eigenvalue weighted by atomic mass is 16.2. The summed E-state index contributed by atoms with van der Waals surface area (Å²) >= 11 is 0. The van der Waals surface area contributed by atoms with E-state index in [4.69, 9.17) is 0 Å². The molecule has 3 atom stereocenters. The van der Waals surface area contributed by atoms with Crippen molar-refractivity contribution in [1.82, 2.24) is 15.5 Å². The molecule has 0 spiro atoms. The third kappa shape index (κ3) is 4.11. The molecule has 5 heteroatoms. The van der Waals surface area contributed by atoms with E-state index in [-0.39, 0.29) is 23.8 Å². The molecule has 0 aromatic carbocycles. The Balaban J connectivity index is 1.43. The van der Waals surface area contributed by atoms with Gasteiger partial charge >= 0.3 is 0 Å². The Hall–Kier alpha value is -1.10. The maximum Gasteiger partial charge on any atom is 0.239 e. The van der Waals surface area contributed by atoms with Crippen LogP contribution in [0.1, 0.15) is 64.7 Å². The van der Waals surface area contributed by atoms with Gasteiger partial charge in [0.2, 0.25) is 11.8 Å². The zero-order chi connectivity index (χ0) is 16.9. The summed E-state index contributed by atoms with van der Waals surface area (Å²) in [5.74, 6) is 1.24. The first-order chi connectivity index (χ1) is 11.7. The van der Waals surface area contributed by atoms with Gasteiger partial charge in [0.05, 0.1) is 6.04 Å². The summed E-state index contributed by atoms with van der Waals surface area (Å²) in [7, 11) is 0. The number of carbonyl (C=O) groups is 2. The molecule has 3 unspecified atom stereocenters. The van der Waals surface area contributed by atoms with Gasteiger partial charge in [0.15, 0.2) is 0 Å². The number of likely N-dealkylation sites (tertiary alicyclic amines) is 1. The molecule has 0 radical (unpaired) electrons. The number of amides is 2. The average Bonchev–Trinajstić information content (AvgIpc) is 3.05. The molecular weight excluding hydrogens is 302 g/mol. The van der Waals surface area contributed by atoms with E-state index in [1.807, 2.05) is 4.90 Å². The molecule has 0 aromatic rings. The van der Waals surface area contributed by atoms with Gasteiger partial charge in [-0.2, -0.15) is 0 Å². The second kappa shape index (κ2) is 8.32. The number of nitrogens with one attached hydrogen (secondary N) is 2. The van der Waals surface area contributed by atoms with Crippen LogP contribution < -0.4 is 10.6 Å². The van der Waals surface area contributed by atoms with Gasteiger partial charge in [-0.15, -0.1) is 0 Å². The van der Waals surface area contributed by atoms with Crippen LogP contribution in [0.25, 0.3) is 0 Å². The zero-order valence-electron chi connectivity index (χ0n) is 15.1. The molecule has 5 nitrogen and oxygen atoms in total. The van der Waals surface area contributed by atoms with E-state index in [1.54, 1.807) is 0 Å². The maximum absolute atomic E-state index is 12.8. The predicted octanol–water partition coefficient (Wildman–Crippen LogP) is 2.06. The SMILES string of the molecule is CCCCNC(=O)C1CCN(C(=O)C2CC3CCCCC3N2)CC1. The minimum atomic E-state index is 0.0213. The highest BCUT2D eigenvalue weighted by Crippen LogP contribution is 2.34. The van der Waals surface area contributed by atoms with Gasteiger partial charge in [0, 0.05) is 31.6 Å². The fraction of sp³-hybridized carbons (Fsp3) is 0.895. The molecule has 2 saturated heterocycles. The molecule has 1 saturated carbocycles. The largest absolute Gasteiger partial charge is 0.356 e. The van der Waals surface area contributed by atoms with Gasteiger partial charge in [-0.1, -0.05) is 26.2 Å². The number of hydrogen-bond acceptors (Lipinski definition) is 3. The van der Waals surface area contributed by atoms with Crippen molar-refractivity contribution in [3.8, 4) is 0 Å². The minimum absolute atomic E-state index is 0.0213. The fourth-order valence-electron chi connectivity index (χ4n) is 4.63. The molecule has 0 aromatic heterocycles. The molecule has 0 bridgehead atoms. The third-order valence-electron chi connectivity index (χ3n) is 6.17. The van der Waals surface area contributed by atoms with Crippen LogP contribution in [-0.2, 0) is 9.59 Å². The molecule has 3 fully saturated rings. The molecule has 1 aliphatic carbocycles. The lowest BCUT2D eigenvalue weighted by Gasteiger charge is -2.33. The number of carbonyl (C=O) groups excluding carboxylic acids is 2. The minimum Gasteiger partial charge on any atom is -0.356 e. The van der Waals surface area contributed by atoms with E-state index in [1.165, 1.54) is 25.7 Å². The van der Waals surface area contributed by atoms with Crippen molar-refractivity contribution in [2.24, 2.45) is 11.8 Å². The smallest absolute Gasteiger partial charge is 0.239 e. The van der Waals surface area contributed by atoms with Gasteiger partial charge in [-0.3, -0.25) is 9.59 Å². The van der Waals surface area contributed by atoms with Crippen LogP contribution in [0, 0.1) is 11.8 Å². The van der Waals surface area contributed by atoms with E-state index in [0.29, 0.717) is 12.0 Å². The molecule has 3 aliphatic rings. The zero-order valence-corrected chi connectivity index (χ0v) is 15.1. The maximum atomic E-state index is 12.8. The normalized spacial score (nSPS) is 30.9. The topological polar surface area (TPSA) is 61.4 Å².